The normalized spacial score (nSPS) is 20.1. The molecule has 0 radical (unpaired) electrons. The highest BCUT2D eigenvalue weighted by Gasteiger charge is 2.53. The fourth-order valence-electron chi connectivity index (χ4n) is 3.94. The number of rotatable bonds is 6. The molecule has 0 spiro atoms. The van der Waals surface area contributed by atoms with Gasteiger partial charge in [-0.05, 0) is 23.8 Å². The number of pyridine rings is 1. The molecule has 5 heterocycles. The molecule has 1 saturated heterocycles. The summed E-state index contributed by atoms with van der Waals surface area (Å²) in [4.78, 5) is 31.1. The second kappa shape index (κ2) is 8.74. The summed E-state index contributed by atoms with van der Waals surface area (Å²) < 4.78 is 28.3. The van der Waals surface area contributed by atoms with Crippen LogP contribution in [-0.2, 0) is 17.4 Å². The highest BCUT2D eigenvalue weighted by atomic mass is 32.1. The van der Waals surface area contributed by atoms with E-state index in [2.05, 4.69) is 30.4 Å². The number of carbonyl (C=O) groups is 1. The van der Waals surface area contributed by atoms with Gasteiger partial charge in [0.15, 0.2) is 11.4 Å². The van der Waals surface area contributed by atoms with Crippen molar-refractivity contribution >= 4 is 29.0 Å². The maximum absolute atomic E-state index is 13.3. The van der Waals surface area contributed by atoms with Crippen LogP contribution in [0.25, 0.3) is 22.1 Å². The molecule has 0 bridgehead atoms. The molecule has 1 amide bonds. The summed E-state index contributed by atoms with van der Waals surface area (Å²) in [5.41, 5.74) is -0.379. The molecule has 10 nitrogen and oxygen atoms in total. The summed E-state index contributed by atoms with van der Waals surface area (Å²) in [6.07, 6.45) is 1.65. The molecule has 0 saturated carbocycles. The number of nitrogens with one attached hydrogen (secondary N) is 1. The van der Waals surface area contributed by atoms with Gasteiger partial charge in [0.2, 0.25) is 5.95 Å². The van der Waals surface area contributed by atoms with Crippen LogP contribution in [0, 0.1) is 0 Å². The van der Waals surface area contributed by atoms with E-state index in [9.17, 15) is 18.7 Å². The van der Waals surface area contributed by atoms with Gasteiger partial charge in [-0.3, -0.25) is 14.5 Å². The summed E-state index contributed by atoms with van der Waals surface area (Å²) >= 11 is 1.33. The molecule has 0 aromatic carbocycles. The van der Waals surface area contributed by atoms with Gasteiger partial charge < -0.3 is 15.3 Å². The minimum absolute atomic E-state index is 0.195. The van der Waals surface area contributed by atoms with Gasteiger partial charge in [-0.15, -0.1) is 11.3 Å². The van der Waals surface area contributed by atoms with Gasteiger partial charge in [-0.25, -0.2) is 23.7 Å². The Morgan fingerprint density at radius 3 is 2.66 bits per heavy atom. The molecule has 180 valence electrons. The topological polar surface area (TPSA) is 122 Å². The van der Waals surface area contributed by atoms with E-state index in [1.54, 1.807) is 41.6 Å². The van der Waals surface area contributed by atoms with Crippen LogP contribution < -0.4 is 5.32 Å². The number of thiazole rings is 1. The average Bonchev–Trinajstić information content (AvgIpc) is 3.55. The quantitative estimate of drug-likeness (QED) is 0.416. The number of aromatic nitrogens is 6. The number of anilines is 2. The average molecular weight is 499 g/mol. The predicted molar refractivity (Wildman–Crippen MR) is 124 cm³/mol. The van der Waals surface area contributed by atoms with Crippen LogP contribution in [0.2, 0.25) is 0 Å². The zero-order valence-corrected chi connectivity index (χ0v) is 19.4. The third-order valence-corrected chi connectivity index (χ3v) is 6.66. The van der Waals surface area contributed by atoms with Crippen LogP contribution in [0.15, 0.2) is 48.2 Å². The lowest BCUT2D eigenvalue weighted by Gasteiger charge is -2.21. The van der Waals surface area contributed by atoms with Crippen LogP contribution in [-0.4, -0.2) is 65.1 Å². The largest absolute Gasteiger partial charge is 0.375 e. The Morgan fingerprint density at radius 2 is 1.94 bits per heavy atom. The Kier molecular flexibility index (Phi) is 5.73. The number of carbonyl (C=O) groups excluding carboxylic acids is 1. The molecule has 0 aliphatic carbocycles. The van der Waals surface area contributed by atoms with E-state index >= 15 is 0 Å². The van der Waals surface area contributed by atoms with Crippen molar-refractivity contribution in [3.63, 3.8) is 0 Å². The predicted octanol–water partition coefficient (Wildman–Crippen LogP) is 2.82. The third-order valence-electron chi connectivity index (χ3n) is 5.80. The Hall–Kier alpha value is -3.84. The highest BCUT2D eigenvalue weighted by Crippen LogP contribution is 2.39. The lowest BCUT2D eigenvalue weighted by molar-refractivity contribution is -0.143. The van der Waals surface area contributed by atoms with Crippen molar-refractivity contribution in [2.45, 2.75) is 24.5 Å². The van der Waals surface area contributed by atoms with Crippen molar-refractivity contribution in [3.8, 4) is 22.1 Å². The van der Waals surface area contributed by atoms with E-state index in [0.717, 1.165) is 4.90 Å². The van der Waals surface area contributed by atoms with Crippen LogP contribution in [0.4, 0.5) is 20.5 Å². The minimum Gasteiger partial charge on any atom is -0.375 e. The van der Waals surface area contributed by atoms with E-state index < -0.39 is 30.4 Å². The summed E-state index contributed by atoms with van der Waals surface area (Å²) in [5, 5.41) is 20.7. The number of hydrogen-bond donors (Lipinski definition) is 2. The summed E-state index contributed by atoms with van der Waals surface area (Å²) in [7, 11) is 3.07. The number of amides is 1. The van der Waals surface area contributed by atoms with Crippen LogP contribution in [0.3, 0.4) is 0 Å². The van der Waals surface area contributed by atoms with Crippen molar-refractivity contribution in [2.75, 3.05) is 12.4 Å². The summed E-state index contributed by atoms with van der Waals surface area (Å²) in [5.74, 6) is 0.190. The number of halogens is 2. The molecule has 13 heteroatoms. The summed E-state index contributed by atoms with van der Waals surface area (Å²) in [6.45, 7) is 0. The molecule has 5 rings (SSSR count). The Morgan fingerprint density at radius 1 is 1.14 bits per heavy atom. The number of aryl methyl sites for hydroxylation is 1. The molecule has 1 fully saturated rings. The van der Waals surface area contributed by atoms with Gasteiger partial charge in [0.25, 0.3) is 12.3 Å². The monoisotopic (exact) mass is 498 g/mol. The first-order valence-electron chi connectivity index (χ1n) is 10.5. The van der Waals surface area contributed by atoms with Crippen molar-refractivity contribution in [2.24, 2.45) is 7.05 Å². The fraction of sp³-hybridized carbons (Fsp3) is 0.273. The SMILES string of the molecule is CN1C(=O)[C@](O)(c2ccnc(-c3csc(-c4ccnc(Nc5ccn(C)n5)n4)n3)c2)C[C@H]1C(F)F. The first-order valence-corrected chi connectivity index (χ1v) is 11.4. The fourth-order valence-corrected chi connectivity index (χ4v) is 4.72. The smallest absolute Gasteiger partial charge is 0.259 e. The molecule has 4 aromatic rings. The number of likely N-dealkylation sites (N-methyl/N-ethyl adjacent to an activating group) is 1. The summed E-state index contributed by atoms with van der Waals surface area (Å²) in [6, 6.07) is 5.11. The second-order valence-electron chi connectivity index (χ2n) is 8.12. The molecule has 2 N–H and O–H groups in total. The van der Waals surface area contributed by atoms with Gasteiger partial charge in [-0.2, -0.15) is 5.10 Å². The molecule has 2 atom stereocenters. The van der Waals surface area contributed by atoms with Gasteiger partial charge >= 0.3 is 0 Å². The van der Waals surface area contributed by atoms with E-state index in [4.69, 9.17) is 0 Å². The molecule has 4 aromatic heterocycles. The van der Waals surface area contributed by atoms with Gasteiger partial charge in [0, 0.05) is 50.6 Å². The maximum Gasteiger partial charge on any atom is 0.259 e. The highest BCUT2D eigenvalue weighted by molar-refractivity contribution is 7.13. The zero-order valence-electron chi connectivity index (χ0n) is 18.6. The number of likely N-dealkylation sites (tertiary alicyclic amines) is 1. The lowest BCUT2D eigenvalue weighted by atomic mass is 9.90. The number of alkyl halides is 2. The van der Waals surface area contributed by atoms with Crippen molar-refractivity contribution in [1.82, 2.24) is 34.6 Å². The van der Waals surface area contributed by atoms with Crippen molar-refractivity contribution < 1.29 is 18.7 Å². The van der Waals surface area contributed by atoms with Crippen molar-refractivity contribution in [1.29, 1.82) is 0 Å². The third kappa shape index (κ3) is 4.23. The molecular formula is C22H20F2N8O2S. The Bertz CT molecular complexity index is 1390. The Labute approximate surface area is 202 Å². The maximum atomic E-state index is 13.3. The molecule has 0 unspecified atom stereocenters. The standard InChI is InChI=1S/C22H20F2N8O2S/c1-31-8-5-17(30-31)29-21-26-7-4-13(28-21)19-27-15(11-35-19)14-9-12(3-6-25-14)22(34)10-16(18(23)24)32(2)20(22)33/h3-9,11,16,18,34H,10H2,1-2H3,(H,26,28,29,30)/t16-,22+/m0/s1. The van der Waals surface area contributed by atoms with E-state index in [-0.39, 0.29) is 5.56 Å². The van der Waals surface area contributed by atoms with E-state index in [1.807, 2.05) is 0 Å². The van der Waals surface area contributed by atoms with Crippen LogP contribution in [0.5, 0.6) is 0 Å². The number of nitrogens with zero attached hydrogens (tertiary/aromatic N) is 7. The lowest BCUT2D eigenvalue weighted by Crippen LogP contribution is -2.38. The van der Waals surface area contributed by atoms with E-state index in [1.165, 1.54) is 36.7 Å². The minimum atomic E-state index is -2.76. The molecule has 1 aliphatic rings. The van der Waals surface area contributed by atoms with E-state index in [0.29, 0.717) is 33.9 Å². The van der Waals surface area contributed by atoms with Gasteiger partial charge in [0.1, 0.15) is 16.4 Å². The second-order valence-corrected chi connectivity index (χ2v) is 8.97. The molecule has 1 aliphatic heterocycles. The molecule has 35 heavy (non-hydrogen) atoms. The first kappa shape index (κ1) is 22.9. The first-order chi connectivity index (χ1) is 16.7. The van der Waals surface area contributed by atoms with Gasteiger partial charge in [0.05, 0.1) is 11.7 Å². The van der Waals surface area contributed by atoms with Crippen LogP contribution in [0.1, 0.15) is 12.0 Å². The van der Waals surface area contributed by atoms with Crippen LogP contribution >= 0.6 is 11.3 Å². The number of aliphatic hydroxyl groups is 1. The van der Waals surface area contributed by atoms with Crippen molar-refractivity contribution in [3.05, 3.63) is 53.8 Å². The van der Waals surface area contributed by atoms with Gasteiger partial charge in [-0.1, -0.05) is 0 Å². The number of hydrogen-bond acceptors (Lipinski definition) is 9. The Balaban J connectivity index is 1.41. The molecular weight excluding hydrogens is 478 g/mol. The zero-order chi connectivity index (χ0) is 24.7.